The van der Waals surface area contributed by atoms with Crippen molar-refractivity contribution in [3.05, 3.63) is 419 Å². The highest BCUT2D eigenvalue weighted by Gasteiger charge is 2.38. The molecule has 20 rings (SSSR count). The maximum Gasteiger partial charge on any atom is 0.417 e. The molecule has 0 fully saturated rings. The van der Waals surface area contributed by atoms with Gasteiger partial charge in [0.2, 0.25) is 0 Å². The zero-order valence-electron chi connectivity index (χ0n) is 74.5. The predicted octanol–water partition coefficient (Wildman–Crippen LogP) is 24.8. The molecule has 4 amide bonds. The van der Waals surface area contributed by atoms with Crippen LogP contribution in [-0.4, -0.2) is 92.0 Å². The van der Waals surface area contributed by atoms with E-state index in [2.05, 4.69) is 71.6 Å². The molecule has 0 bridgehead atoms. The summed E-state index contributed by atoms with van der Waals surface area (Å²) in [5.74, 6) is -8.24. The second kappa shape index (κ2) is 39.5. The van der Waals surface area contributed by atoms with E-state index in [4.69, 9.17) is 0 Å². The summed E-state index contributed by atoms with van der Waals surface area (Å²) in [4.78, 5) is 77.9. The van der Waals surface area contributed by atoms with Gasteiger partial charge in [0, 0.05) is 122 Å². The van der Waals surface area contributed by atoms with Gasteiger partial charge in [0.15, 0.2) is 57.5 Å². The number of pyridine rings is 2. The number of rotatable bonds is 16. The minimum Gasteiger partial charge on any atom is -0.322 e. The molecule has 0 radical (unpaired) electrons. The molecule has 140 heavy (non-hydrogen) atoms. The molecule has 0 aliphatic carbocycles. The van der Waals surface area contributed by atoms with Crippen LogP contribution in [0.5, 0.6) is 0 Å². The molecule has 0 saturated carbocycles. The standard InChI is InChI=1S/C27H17F5N4O.C27H20F2N4O.C26H18F3N5O.C26H19F2N5O/c1-15-5-8-17(9-6-15)35-26(37)20-13-16(7-10-21(20)27(30,31)32)18-11-12-34-36-23(14-33-25(18)36)19-3-2-4-22(28)24(19)29;1-16-6-10-19(11-7-16)32-27(34)22-14-18(9-8-17(22)2)20-12-13-31-33-24(15-30-26(20)33)21-4-3-5-23(28)25(21)29;1-16-4-7-19(8-5-16)33-25(35)21-13-17(6-9-22(21)26(27,28)29)20-10-12-32-34-23(15-31-24(20)34)18-3-2-11-30-14-18;1-15-6-8-18(9-7-15)32-26(34)21-12-17(13-29-16(21)2)19-10-11-31-33-23(14-30-25(19)33)20-4-3-5-22(27)24(20)28/h2-14H,1H3,(H,35,37);3-15H,1-2H3,(H,32,34);2-15H,1H3,(H,33,35);3-14H,1-2H3,(H,32,34). The zero-order chi connectivity index (χ0) is 98.5. The Morgan fingerprint density at radius 3 is 0.921 bits per heavy atom. The van der Waals surface area contributed by atoms with E-state index in [1.165, 1.54) is 111 Å². The van der Waals surface area contributed by atoms with Gasteiger partial charge in [-0.3, -0.25) is 29.1 Å². The number of nitrogens with one attached hydrogen (secondary N) is 4. The van der Waals surface area contributed by atoms with Crippen LogP contribution in [0.1, 0.15) is 86.1 Å². The highest BCUT2D eigenvalue weighted by Crippen LogP contribution is 2.41. The van der Waals surface area contributed by atoms with Gasteiger partial charge in [-0.25, -0.2) is 64.3 Å². The number of aromatic nitrogens is 14. The minimum absolute atomic E-state index is 0.0531. The third kappa shape index (κ3) is 19.9. The van der Waals surface area contributed by atoms with Crippen molar-refractivity contribution in [1.82, 2.24) is 68.4 Å². The molecule has 4 N–H and O–H groups in total. The number of nitrogens with zero attached hydrogens (tertiary/aromatic N) is 14. The van der Waals surface area contributed by atoms with E-state index in [1.807, 2.05) is 101 Å². The second-order valence-corrected chi connectivity index (χ2v) is 32.2. The Kier molecular flexibility index (Phi) is 26.5. The lowest BCUT2D eigenvalue weighted by Crippen LogP contribution is -2.19. The fourth-order valence-electron chi connectivity index (χ4n) is 15.4. The Labute approximate surface area is 788 Å². The summed E-state index contributed by atoms with van der Waals surface area (Å²) >= 11 is 0. The molecule has 10 aromatic heterocycles. The van der Waals surface area contributed by atoms with Crippen LogP contribution in [0.3, 0.4) is 0 Å². The summed E-state index contributed by atoms with van der Waals surface area (Å²) < 4.78 is 173. The Morgan fingerprint density at radius 2 is 0.579 bits per heavy atom. The van der Waals surface area contributed by atoms with Crippen LogP contribution in [0.4, 0.5) is 75.4 Å². The highest BCUT2D eigenvalue weighted by atomic mass is 19.4. The number of hydrogen-bond donors (Lipinski definition) is 4. The third-order valence-electron chi connectivity index (χ3n) is 22.7. The molecule has 10 aromatic carbocycles. The number of amides is 4. The van der Waals surface area contributed by atoms with Crippen molar-refractivity contribution in [1.29, 1.82) is 0 Å². The van der Waals surface area contributed by atoms with Crippen LogP contribution < -0.4 is 21.3 Å². The van der Waals surface area contributed by atoms with Gasteiger partial charge in [0.25, 0.3) is 23.6 Å². The van der Waals surface area contributed by atoms with Crippen molar-refractivity contribution in [2.45, 2.75) is 53.9 Å². The average molecular weight is 1890 g/mol. The zero-order valence-corrected chi connectivity index (χ0v) is 74.5. The molecule has 0 aliphatic rings. The maximum atomic E-state index is 14.4. The molecule has 0 aliphatic heterocycles. The first-order chi connectivity index (χ1) is 67.3. The fraction of sp³-hybridized carbons (Fsp3) is 0.0755. The molecular formula is C106H74F12N18O4. The number of alkyl halides is 6. The molecule has 0 unspecified atom stereocenters. The van der Waals surface area contributed by atoms with Gasteiger partial charge in [-0.15, -0.1) is 0 Å². The van der Waals surface area contributed by atoms with Crippen molar-refractivity contribution in [3.8, 4) is 89.5 Å². The van der Waals surface area contributed by atoms with Crippen molar-refractivity contribution < 1.29 is 71.9 Å². The molecule has 0 atom stereocenters. The van der Waals surface area contributed by atoms with E-state index in [0.717, 1.165) is 75.3 Å². The number of carbonyl (C=O) groups is 4. The van der Waals surface area contributed by atoms with E-state index in [-0.39, 0.29) is 45.4 Å². The smallest absolute Gasteiger partial charge is 0.322 e. The lowest BCUT2D eigenvalue weighted by molar-refractivity contribution is -0.138. The van der Waals surface area contributed by atoms with Crippen LogP contribution >= 0.6 is 0 Å². The quantitative estimate of drug-likeness (QED) is 0.0656. The Hall–Kier alpha value is -18.0. The van der Waals surface area contributed by atoms with Gasteiger partial charge in [-0.2, -0.15) is 46.7 Å². The Bertz CT molecular complexity index is 7920. The van der Waals surface area contributed by atoms with Crippen LogP contribution in [0.15, 0.2) is 317 Å². The number of benzene rings is 10. The molecule has 0 saturated heterocycles. The van der Waals surface area contributed by atoms with Gasteiger partial charge in [0.1, 0.15) is 0 Å². The SMILES string of the molecule is Cc1ccc(NC(=O)c2cc(-c3ccnn4c(-c5cccc(F)c5F)cnc34)ccc2C(F)(F)F)cc1.Cc1ccc(NC(=O)c2cc(-c3ccnn4c(-c5cccc(F)c5F)cnc34)ccc2C)cc1.Cc1ccc(NC(=O)c2cc(-c3ccnn4c(-c5cccc(F)c5F)cnc34)cnc2C)cc1.Cc1ccc(NC(=O)c2cc(-c3ccnn4c(-c5cccnc5)cnc34)ccc2C(F)(F)F)cc1. The van der Waals surface area contributed by atoms with Crippen molar-refractivity contribution in [3.63, 3.8) is 0 Å². The number of anilines is 4. The Morgan fingerprint density at radius 1 is 0.271 bits per heavy atom. The number of halogens is 12. The van der Waals surface area contributed by atoms with E-state index in [1.54, 1.807) is 127 Å². The van der Waals surface area contributed by atoms with E-state index >= 15 is 0 Å². The third-order valence-corrected chi connectivity index (χ3v) is 22.7. The largest absolute Gasteiger partial charge is 0.417 e. The monoisotopic (exact) mass is 1890 g/mol. The van der Waals surface area contributed by atoms with Crippen LogP contribution in [0.2, 0.25) is 0 Å². The topological polar surface area (TPSA) is 263 Å². The summed E-state index contributed by atoms with van der Waals surface area (Å²) in [5, 5.41) is 28.0. The second-order valence-electron chi connectivity index (χ2n) is 32.2. The normalized spacial score (nSPS) is 11.3. The van der Waals surface area contributed by atoms with Crippen LogP contribution in [0, 0.1) is 76.4 Å². The van der Waals surface area contributed by atoms with Crippen molar-refractivity contribution in [2.75, 3.05) is 21.3 Å². The predicted molar refractivity (Wildman–Crippen MR) is 507 cm³/mol. The van der Waals surface area contributed by atoms with E-state index in [0.29, 0.717) is 107 Å². The molecule has 22 nitrogen and oxygen atoms in total. The van der Waals surface area contributed by atoms with Crippen molar-refractivity contribution >= 4 is 69.0 Å². The van der Waals surface area contributed by atoms with E-state index < -0.39 is 81.3 Å². The van der Waals surface area contributed by atoms with Crippen LogP contribution in [-0.2, 0) is 12.4 Å². The van der Waals surface area contributed by atoms with E-state index in [9.17, 15) is 71.9 Å². The summed E-state index contributed by atoms with van der Waals surface area (Å²) in [6.07, 6.45) is 7.30. The molecule has 10 heterocycles. The lowest BCUT2D eigenvalue weighted by Gasteiger charge is -2.15. The first kappa shape index (κ1) is 93.8. The van der Waals surface area contributed by atoms with Gasteiger partial charge < -0.3 is 21.3 Å². The summed E-state index contributed by atoms with van der Waals surface area (Å²) in [7, 11) is 0. The van der Waals surface area contributed by atoms with Gasteiger partial charge in [-0.1, -0.05) is 113 Å². The number of fused-ring (bicyclic) bond motifs is 4. The van der Waals surface area contributed by atoms with Gasteiger partial charge >= 0.3 is 12.4 Å². The minimum atomic E-state index is -4.78. The number of aryl methyl sites for hydroxylation is 6. The Balaban J connectivity index is 0.000000129. The number of carbonyl (C=O) groups excluding carboxylic acids is 4. The average Bonchev–Trinajstić information content (AvgIpc) is 1.54. The molecule has 0 spiro atoms. The first-order valence-electron chi connectivity index (χ1n) is 42.9. The fourth-order valence-corrected chi connectivity index (χ4v) is 15.4. The summed E-state index contributed by atoms with van der Waals surface area (Å²) in [6.45, 7) is 11.3. The summed E-state index contributed by atoms with van der Waals surface area (Å²) in [6, 6.07) is 64.4. The van der Waals surface area contributed by atoms with Gasteiger partial charge in [-0.05, 0) is 222 Å². The maximum absolute atomic E-state index is 14.4. The molecule has 20 aromatic rings. The van der Waals surface area contributed by atoms with Gasteiger partial charge in [0.05, 0.1) is 81.1 Å². The lowest BCUT2D eigenvalue weighted by atomic mass is 9.98. The molecule has 696 valence electrons. The number of hydrogen-bond acceptors (Lipinski definition) is 14. The molecule has 34 heteroatoms. The first-order valence-corrected chi connectivity index (χ1v) is 42.9. The summed E-state index contributed by atoms with van der Waals surface area (Å²) in [5.41, 5.74) is 13.5. The highest BCUT2D eigenvalue weighted by molar-refractivity contribution is 6.09. The molecular weight excluding hydrogens is 1820 g/mol. The number of imidazole rings is 4. The van der Waals surface area contributed by atoms with Crippen LogP contribution in [0.25, 0.3) is 112 Å². The van der Waals surface area contributed by atoms with Crippen molar-refractivity contribution in [2.24, 2.45) is 0 Å².